The van der Waals surface area contributed by atoms with Gasteiger partial charge in [-0.1, -0.05) is 31.9 Å². The van der Waals surface area contributed by atoms with Crippen molar-refractivity contribution in [3.05, 3.63) is 24.3 Å². The fourth-order valence-corrected chi connectivity index (χ4v) is 1.75. The summed E-state index contributed by atoms with van der Waals surface area (Å²) in [6, 6.07) is 7.44. The van der Waals surface area contributed by atoms with E-state index in [0.717, 1.165) is 13.0 Å². The lowest BCUT2D eigenvalue weighted by atomic mass is 10.2. The molecular formula is C15H25NO3. The Morgan fingerprint density at radius 3 is 2.63 bits per heavy atom. The topological polar surface area (TPSA) is 50.7 Å². The van der Waals surface area contributed by atoms with Gasteiger partial charge in [0.05, 0.1) is 7.11 Å². The largest absolute Gasteiger partial charge is 0.493 e. The smallest absolute Gasteiger partial charge is 0.161 e. The van der Waals surface area contributed by atoms with E-state index < -0.39 is 6.10 Å². The summed E-state index contributed by atoms with van der Waals surface area (Å²) in [4.78, 5) is 0. The Morgan fingerprint density at radius 1 is 1.21 bits per heavy atom. The van der Waals surface area contributed by atoms with Crippen LogP contribution in [0.15, 0.2) is 24.3 Å². The number of aliphatic hydroxyl groups excluding tert-OH is 1. The summed E-state index contributed by atoms with van der Waals surface area (Å²) in [6.45, 7) is 3.94. The Bertz CT molecular complexity index is 344. The highest BCUT2D eigenvalue weighted by Gasteiger charge is 2.07. The summed E-state index contributed by atoms with van der Waals surface area (Å²) in [5, 5.41) is 13.0. The lowest BCUT2D eigenvalue weighted by Crippen LogP contribution is -2.32. The highest BCUT2D eigenvalue weighted by Crippen LogP contribution is 2.25. The molecule has 1 aromatic carbocycles. The maximum absolute atomic E-state index is 9.80. The van der Waals surface area contributed by atoms with Crippen LogP contribution in [-0.2, 0) is 0 Å². The molecule has 4 nitrogen and oxygen atoms in total. The summed E-state index contributed by atoms with van der Waals surface area (Å²) < 4.78 is 10.7. The van der Waals surface area contributed by atoms with E-state index in [1.807, 2.05) is 24.3 Å². The van der Waals surface area contributed by atoms with Gasteiger partial charge in [0.15, 0.2) is 11.5 Å². The number of methoxy groups -OCH3 is 1. The number of para-hydroxylation sites is 2. The molecule has 4 heteroatoms. The molecule has 0 bridgehead atoms. The SMILES string of the molecule is CCCCCNCC(O)COc1ccccc1OC. The van der Waals surface area contributed by atoms with Crippen LogP contribution in [0.5, 0.6) is 11.5 Å². The van der Waals surface area contributed by atoms with Crippen molar-refractivity contribution in [2.45, 2.75) is 32.3 Å². The van der Waals surface area contributed by atoms with Gasteiger partial charge in [-0.05, 0) is 25.1 Å². The van der Waals surface area contributed by atoms with Crippen molar-refractivity contribution in [1.82, 2.24) is 5.32 Å². The van der Waals surface area contributed by atoms with Crippen molar-refractivity contribution in [1.29, 1.82) is 0 Å². The van der Waals surface area contributed by atoms with E-state index in [4.69, 9.17) is 9.47 Å². The molecule has 0 fully saturated rings. The molecular weight excluding hydrogens is 242 g/mol. The van der Waals surface area contributed by atoms with E-state index in [1.165, 1.54) is 12.8 Å². The molecule has 1 aromatic rings. The minimum Gasteiger partial charge on any atom is -0.493 e. The summed E-state index contributed by atoms with van der Waals surface area (Å²) in [6.07, 6.45) is 3.07. The van der Waals surface area contributed by atoms with E-state index in [0.29, 0.717) is 18.0 Å². The van der Waals surface area contributed by atoms with Crippen LogP contribution in [0.4, 0.5) is 0 Å². The summed E-state index contributed by atoms with van der Waals surface area (Å²) in [5.41, 5.74) is 0. The molecule has 1 atom stereocenters. The van der Waals surface area contributed by atoms with Gasteiger partial charge in [-0.2, -0.15) is 0 Å². The van der Waals surface area contributed by atoms with Crippen molar-refractivity contribution in [3.8, 4) is 11.5 Å². The van der Waals surface area contributed by atoms with Crippen LogP contribution in [0.25, 0.3) is 0 Å². The minimum atomic E-state index is -0.508. The Kier molecular flexibility index (Phi) is 8.02. The predicted octanol–water partition coefficient (Wildman–Crippen LogP) is 2.21. The maximum atomic E-state index is 9.80. The zero-order chi connectivity index (χ0) is 13.9. The number of rotatable bonds is 10. The summed E-state index contributed by atoms with van der Waals surface area (Å²) >= 11 is 0. The van der Waals surface area contributed by atoms with Gasteiger partial charge in [-0.25, -0.2) is 0 Å². The van der Waals surface area contributed by atoms with E-state index in [-0.39, 0.29) is 6.61 Å². The average Bonchev–Trinajstić information content (AvgIpc) is 2.45. The highest BCUT2D eigenvalue weighted by molar-refractivity contribution is 5.39. The van der Waals surface area contributed by atoms with Gasteiger partial charge in [0, 0.05) is 6.54 Å². The van der Waals surface area contributed by atoms with Gasteiger partial charge in [0.25, 0.3) is 0 Å². The first kappa shape index (κ1) is 15.8. The third-order valence-corrected chi connectivity index (χ3v) is 2.84. The number of hydrogen-bond donors (Lipinski definition) is 2. The van der Waals surface area contributed by atoms with E-state index in [9.17, 15) is 5.11 Å². The monoisotopic (exact) mass is 267 g/mol. The fraction of sp³-hybridized carbons (Fsp3) is 0.600. The second kappa shape index (κ2) is 9.64. The Hall–Kier alpha value is -1.26. The first-order valence-corrected chi connectivity index (χ1v) is 6.92. The van der Waals surface area contributed by atoms with Gasteiger partial charge in [0.1, 0.15) is 12.7 Å². The Balaban J connectivity index is 2.20. The van der Waals surface area contributed by atoms with Crippen LogP contribution < -0.4 is 14.8 Å². The van der Waals surface area contributed by atoms with Gasteiger partial charge < -0.3 is 19.9 Å². The Labute approximate surface area is 115 Å². The molecule has 2 N–H and O–H groups in total. The molecule has 0 aromatic heterocycles. The molecule has 0 heterocycles. The molecule has 0 saturated carbocycles. The first-order chi connectivity index (χ1) is 9.27. The van der Waals surface area contributed by atoms with Gasteiger partial charge in [-0.15, -0.1) is 0 Å². The van der Waals surface area contributed by atoms with Gasteiger partial charge in [0.2, 0.25) is 0 Å². The van der Waals surface area contributed by atoms with E-state index >= 15 is 0 Å². The van der Waals surface area contributed by atoms with Gasteiger partial charge in [-0.3, -0.25) is 0 Å². The standard InChI is InChI=1S/C15H25NO3/c1-3-4-7-10-16-11-13(17)12-19-15-9-6-5-8-14(15)18-2/h5-6,8-9,13,16-17H,3-4,7,10-12H2,1-2H3. The quantitative estimate of drug-likeness (QED) is 0.638. The van der Waals surface area contributed by atoms with Crippen LogP contribution in [0, 0.1) is 0 Å². The molecule has 0 radical (unpaired) electrons. The minimum absolute atomic E-state index is 0.265. The van der Waals surface area contributed by atoms with Crippen molar-refractivity contribution in [2.75, 3.05) is 26.8 Å². The molecule has 1 unspecified atom stereocenters. The number of benzene rings is 1. The van der Waals surface area contributed by atoms with Crippen molar-refractivity contribution in [3.63, 3.8) is 0 Å². The fourth-order valence-electron chi connectivity index (χ4n) is 1.75. The molecule has 1 rings (SSSR count). The summed E-state index contributed by atoms with van der Waals surface area (Å²) in [7, 11) is 1.61. The first-order valence-electron chi connectivity index (χ1n) is 6.92. The lowest BCUT2D eigenvalue weighted by molar-refractivity contribution is 0.105. The summed E-state index contributed by atoms with van der Waals surface area (Å²) in [5.74, 6) is 1.35. The zero-order valence-electron chi connectivity index (χ0n) is 11.9. The Morgan fingerprint density at radius 2 is 1.95 bits per heavy atom. The number of unbranched alkanes of at least 4 members (excludes halogenated alkanes) is 2. The van der Waals surface area contributed by atoms with E-state index in [1.54, 1.807) is 7.11 Å². The zero-order valence-corrected chi connectivity index (χ0v) is 11.9. The molecule has 108 valence electrons. The van der Waals surface area contributed by atoms with Crippen molar-refractivity contribution in [2.24, 2.45) is 0 Å². The molecule has 0 aliphatic carbocycles. The average molecular weight is 267 g/mol. The van der Waals surface area contributed by atoms with Gasteiger partial charge >= 0.3 is 0 Å². The molecule has 0 aliphatic heterocycles. The number of aliphatic hydroxyl groups is 1. The molecule has 0 spiro atoms. The molecule has 0 aliphatic rings. The molecule has 0 amide bonds. The van der Waals surface area contributed by atoms with Crippen LogP contribution >= 0.6 is 0 Å². The second-order valence-electron chi connectivity index (χ2n) is 4.53. The van der Waals surface area contributed by atoms with Crippen molar-refractivity contribution >= 4 is 0 Å². The third kappa shape index (κ3) is 6.45. The number of nitrogens with one attached hydrogen (secondary N) is 1. The maximum Gasteiger partial charge on any atom is 0.161 e. The second-order valence-corrected chi connectivity index (χ2v) is 4.53. The van der Waals surface area contributed by atoms with Crippen LogP contribution in [-0.4, -0.2) is 38.0 Å². The number of hydrogen-bond acceptors (Lipinski definition) is 4. The van der Waals surface area contributed by atoms with Crippen LogP contribution in [0.2, 0.25) is 0 Å². The van der Waals surface area contributed by atoms with Crippen LogP contribution in [0.3, 0.4) is 0 Å². The molecule has 19 heavy (non-hydrogen) atoms. The van der Waals surface area contributed by atoms with Crippen molar-refractivity contribution < 1.29 is 14.6 Å². The predicted molar refractivity (Wildman–Crippen MR) is 76.9 cm³/mol. The number of ether oxygens (including phenoxy) is 2. The third-order valence-electron chi connectivity index (χ3n) is 2.84. The normalized spacial score (nSPS) is 12.2. The highest BCUT2D eigenvalue weighted by atomic mass is 16.5. The van der Waals surface area contributed by atoms with E-state index in [2.05, 4.69) is 12.2 Å². The lowest BCUT2D eigenvalue weighted by Gasteiger charge is -2.14. The molecule has 0 saturated heterocycles. The van der Waals surface area contributed by atoms with Crippen LogP contribution in [0.1, 0.15) is 26.2 Å².